The summed E-state index contributed by atoms with van der Waals surface area (Å²) in [4.78, 5) is 0. The predicted octanol–water partition coefficient (Wildman–Crippen LogP) is 3.17. The quantitative estimate of drug-likeness (QED) is 0.777. The first-order chi connectivity index (χ1) is 9.16. The van der Waals surface area contributed by atoms with Crippen molar-refractivity contribution in [1.82, 2.24) is 5.32 Å². The highest BCUT2D eigenvalue weighted by Gasteiger charge is 2.15. The maximum absolute atomic E-state index is 13.0. The van der Waals surface area contributed by atoms with Crippen LogP contribution in [-0.4, -0.2) is 18.2 Å². The van der Waals surface area contributed by atoms with Gasteiger partial charge in [-0.2, -0.15) is 0 Å². The summed E-state index contributed by atoms with van der Waals surface area (Å²) in [6.45, 7) is 1.24. The molecule has 0 aromatic heterocycles. The first kappa shape index (κ1) is 14.4. The van der Waals surface area contributed by atoms with Crippen molar-refractivity contribution in [3.63, 3.8) is 0 Å². The summed E-state index contributed by atoms with van der Waals surface area (Å²) >= 11 is 0. The average Bonchev–Trinajstić information content (AvgIpc) is 2.91. The van der Waals surface area contributed by atoms with Crippen molar-refractivity contribution < 1.29 is 13.9 Å². The van der Waals surface area contributed by atoms with Crippen LogP contribution < -0.4 is 5.32 Å². The van der Waals surface area contributed by atoms with Gasteiger partial charge in [-0.1, -0.05) is 31.7 Å². The number of aliphatic hydroxyl groups is 1. The van der Waals surface area contributed by atoms with Gasteiger partial charge < -0.3 is 10.4 Å². The summed E-state index contributed by atoms with van der Waals surface area (Å²) in [6, 6.07) is 3.52. The largest absolute Gasteiger partial charge is 0.387 e. The third-order valence-corrected chi connectivity index (χ3v) is 3.87. The Kier molecular flexibility index (Phi) is 5.28. The van der Waals surface area contributed by atoms with E-state index in [0.29, 0.717) is 12.1 Å². The molecular weight excluding hydrogens is 248 g/mol. The van der Waals surface area contributed by atoms with E-state index in [-0.39, 0.29) is 0 Å². The lowest BCUT2D eigenvalue weighted by Gasteiger charge is -2.14. The number of aliphatic hydroxyl groups excluding tert-OH is 1. The highest BCUT2D eigenvalue weighted by Crippen LogP contribution is 2.26. The zero-order valence-electron chi connectivity index (χ0n) is 11.0. The van der Waals surface area contributed by atoms with Gasteiger partial charge in [-0.25, -0.2) is 8.78 Å². The number of hydrogen-bond acceptors (Lipinski definition) is 2. The Morgan fingerprint density at radius 3 is 2.63 bits per heavy atom. The number of benzene rings is 1. The van der Waals surface area contributed by atoms with Gasteiger partial charge in [0.15, 0.2) is 11.6 Å². The smallest absolute Gasteiger partial charge is 0.159 e. The van der Waals surface area contributed by atoms with Crippen molar-refractivity contribution >= 4 is 0 Å². The minimum Gasteiger partial charge on any atom is -0.387 e. The molecule has 4 heteroatoms. The zero-order chi connectivity index (χ0) is 13.7. The molecule has 0 saturated heterocycles. The van der Waals surface area contributed by atoms with Gasteiger partial charge >= 0.3 is 0 Å². The molecular formula is C15H21F2NO. The topological polar surface area (TPSA) is 32.3 Å². The minimum atomic E-state index is -0.914. The van der Waals surface area contributed by atoms with Crippen molar-refractivity contribution in [2.24, 2.45) is 5.92 Å². The molecule has 1 aliphatic carbocycles. The van der Waals surface area contributed by atoms with Crippen molar-refractivity contribution in [2.45, 2.75) is 38.2 Å². The Hall–Kier alpha value is -1.00. The predicted molar refractivity (Wildman–Crippen MR) is 70.8 cm³/mol. The number of halogens is 2. The SMILES string of the molecule is OC(CNCCC1CCCC1)c1ccc(F)c(F)c1. The maximum atomic E-state index is 13.0. The Morgan fingerprint density at radius 2 is 1.95 bits per heavy atom. The molecule has 0 spiro atoms. The van der Waals surface area contributed by atoms with E-state index >= 15 is 0 Å². The normalized spacial score (nSPS) is 17.8. The molecule has 2 N–H and O–H groups in total. The first-order valence-corrected chi connectivity index (χ1v) is 7.00. The third-order valence-electron chi connectivity index (χ3n) is 3.87. The van der Waals surface area contributed by atoms with Crippen LogP contribution in [0.2, 0.25) is 0 Å². The number of nitrogens with one attached hydrogen (secondary N) is 1. The molecule has 1 aromatic rings. The van der Waals surface area contributed by atoms with Crippen LogP contribution in [-0.2, 0) is 0 Å². The molecule has 0 radical (unpaired) electrons. The minimum absolute atomic E-state index is 0.373. The summed E-state index contributed by atoms with van der Waals surface area (Å²) in [6.07, 6.45) is 5.63. The summed E-state index contributed by atoms with van der Waals surface area (Å²) in [7, 11) is 0. The second-order valence-electron chi connectivity index (χ2n) is 5.33. The highest BCUT2D eigenvalue weighted by molar-refractivity contribution is 5.20. The molecule has 1 fully saturated rings. The standard InChI is InChI=1S/C15H21F2NO/c16-13-6-5-12(9-14(13)17)15(19)10-18-8-7-11-3-1-2-4-11/h5-6,9,11,15,18-19H,1-4,7-8,10H2. The molecule has 1 aromatic carbocycles. The summed E-state index contributed by atoms with van der Waals surface area (Å²) < 4.78 is 25.8. The van der Waals surface area contributed by atoms with Crippen molar-refractivity contribution in [3.05, 3.63) is 35.4 Å². The van der Waals surface area contributed by atoms with E-state index in [2.05, 4.69) is 5.32 Å². The molecule has 2 rings (SSSR count). The molecule has 0 aliphatic heterocycles. The van der Waals surface area contributed by atoms with Gasteiger partial charge in [0.1, 0.15) is 0 Å². The zero-order valence-corrected chi connectivity index (χ0v) is 11.0. The Balaban J connectivity index is 1.71. The van der Waals surface area contributed by atoms with Crippen LogP contribution in [0.3, 0.4) is 0 Å². The molecule has 19 heavy (non-hydrogen) atoms. The monoisotopic (exact) mass is 269 g/mol. The lowest BCUT2D eigenvalue weighted by Crippen LogP contribution is -2.23. The molecule has 0 heterocycles. The van der Waals surface area contributed by atoms with E-state index in [1.165, 1.54) is 31.7 Å². The van der Waals surface area contributed by atoms with Crippen molar-refractivity contribution in [1.29, 1.82) is 0 Å². The van der Waals surface area contributed by atoms with E-state index in [1.807, 2.05) is 0 Å². The van der Waals surface area contributed by atoms with Gasteiger partial charge in [-0.05, 0) is 36.6 Å². The average molecular weight is 269 g/mol. The summed E-state index contributed by atoms with van der Waals surface area (Å²) in [5.41, 5.74) is 0.410. The van der Waals surface area contributed by atoms with E-state index in [1.54, 1.807) is 0 Å². The molecule has 0 bridgehead atoms. The first-order valence-electron chi connectivity index (χ1n) is 7.00. The van der Waals surface area contributed by atoms with E-state index in [0.717, 1.165) is 31.0 Å². The van der Waals surface area contributed by atoms with Crippen LogP contribution in [0, 0.1) is 17.6 Å². The van der Waals surface area contributed by atoms with E-state index in [9.17, 15) is 13.9 Å². The van der Waals surface area contributed by atoms with Crippen LogP contribution in [0.15, 0.2) is 18.2 Å². The molecule has 1 saturated carbocycles. The lowest BCUT2D eigenvalue weighted by atomic mass is 10.0. The summed E-state index contributed by atoms with van der Waals surface area (Å²) in [5.74, 6) is -0.986. The molecule has 1 aliphatic rings. The lowest BCUT2D eigenvalue weighted by molar-refractivity contribution is 0.173. The van der Waals surface area contributed by atoms with E-state index in [4.69, 9.17) is 0 Å². The number of hydrogen-bond donors (Lipinski definition) is 2. The van der Waals surface area contributed by atoms with Crippen molar-refractivity contribution in [2.75, 3.05) is 13.1 Å². The Labute approximate surface area is 112 Å². The van der Waals surface area contributed by atoms with Gasteiger partial charge in [-0.15, -0.1) is 0 Å². The Morgan fingerprint density at radius 1 is 1.21 bits per heavy atom. The molecule has 1 unspecified atom stereocenters. The second-order valence-corrected chi connectivity index (χ2v) is 5.33. The van der Waals surface area contributed by atoms with Crippen LogP contribution in [0.1, 0.15) is 43.8 Å². The van der Waals surface area contributed by atoms with Crippen LogP contribution >= 0.6 is 0 Å². The molecule has 0 amide bonds. The van der Waals surface area contributed by atoms with Gasteiger partial charge in [0.05, 0.1) is 6.10 Å². The molecule has 106 valence electrons. The third kappa shape index (κ3) is 4.25. The highest BCUT2D eigenvalue weighted by atomic mass is 19.2. The summed E-state index contributed by atoms with van der Waals surface area (Å²) in [5, 5.41) is 13.1. The second kappa shape index (κ2) is 6.96. The van der Waals surface area contributed by atoms with Gasteiger partial charge in [-0.3, -0.25) is 0 Å². The van der Waals surface area contributed by atoms with Crippen LogP contribution in [0.4, 0.5) is 8.78 Å². The van der Waals surface area contributed by atoms with Crippen LogP contribution in [0.5, 0.6) is 0 Å². The fourth-order valence-electron chi connectivity index (χ4n) is 2.68. The van der Waals surface area contributed by atoms with Crippen molar-refractivity contribution in [3.8, 4) is 0 Å². The van der Waals surface area contributed by atoms with E-state index < -0.39 is 17.7 Å². The van der Waals surface area contributed by atoms with Gasteiger partial charge in [0.2, 0.25) is 0 Å². The van der Waals surface area contributed by atoms with Crippen LogP contribution in [0.25, 0.3) is 0 Å². The van der Waals surface area contributed by atoms with Gasteiger partial charge in [0.25, 0.3) is 0 Å². The Bertz CT molecular complexity index is 405. The fraction of sp³-hybridized carbons (Fsp3) is 0.600. The fourth-order valence-corrected chi connectivity index (χ4v) is 2.68. The molecule has 2 nitrogen and oxygen atoms in total. The number of rotatable bonds is 6. The maximum Gasteiger partial charge on any atom is 0.159 e. The molecule has 1 atom stereocenters. The van der Waals surface area contributed by atoms with Gasteiger partial charge in [0, 0.05) is 6.54 Å².